The number of carbonyl (C=O) groups is 1. The van der Waals surface area contributed by atoms with Gasteiger partial charge in [0.05, 0.1) is 6.26 Å². The highest BCUT2D eigenvalue weighted by molar-refractivity contribution is 7.88. The van der Waals surface area contributed by atoms with Crippen molar-refractivity contribution in [2.75, 3.05) is 25.9 Å². The quantitative estimate of drug-likeness (QED) is 0.790. The molecule has 128 valence electrons. The molecule has 0 spiro atoms. The average Bonchev–Trinajstić information content (AvgIpc) is 2.80. The minimum Gasteiger partial charge on any atom is -0.343 e. The maximum Gasteiger partial charge on any atom is 0.223 e. The Morgan fingerprint density at radius 2 is 1.78 bits per heavy atom. The summed E-state index contributed by atoms with van der Waals surface area (Å²) >= 11 is 0. The van der Waals surface area contributed by atoms with Crippen LogP contribution in [0.3, 0.4) is 0 Å². The summed E-state index contributed by atoms with van der Waals surface area (Å²) in [6.07, 6.45) is 9.11. The van der Waals surface area contributed by atoms with E-state index < -0.39 is 10.0 Å². The van der Waals surface area contributed by atoms with Gasteiger partial charge in [-0.1, -0.05) is 12.8 Å². The number of sulfonamides is 1. The summed E-state index contributed by atoms with van der Waals surface area (Å²) in [5.74, 6) is 0.0512. The van der Waals surface area contributed by atoms with Crippen LogP contribution in [-0.4, -0.2) is 54.4 Å². The van der Waals surface area contributed by atoms with Gasteiger partial charge in [0.1, 0.15) is 0 Å². The predicted octanol–water partition coefficient (Wildman–Crippen LogP) is 1.64. The number of amides is 1. The van der Waals surface area contributed by atoms with E-state index in [1.807, 2.05) is 4.90 Å². The number of likely N-dealkylation sites (tertiary alicyclic amines) is 1. The number of pyridine rings is 1. The molecule has 0 unspecified atom stereocenters. The molecule has 7 heteroatoms. The fourth-order valence-corrected chi connectivity index (χ4v) is 3.56. The van der Waals surface area contributed by atoms with Crippen LogP contribution in [0.2, 0.25) is 0 Å². The second kappa shape index (κ2) is 8.40. The standard InChI is InChI=1S/C16H25N3O3S/c1-23(21,22)19(14-15-6-9-17-10-7-15)13-8-16(20)18-11-4-2-3-5-12-18/h6-7,9-10H,2-5,8,11-14H2,1H3. The van der Waals surface area contributed by atoms with E-state index in [0.29, 0.717) is 0 Å². The predicted molar refractivity (Wildman–Crippen MR) is 89.2 cm³/mol. The van der Waals surface area contributed by atoms with Gasteiger partial charge in [0.25, 0.3) is 0 Å². The molecule has 0 aliphatic carbocycles. The highest BCUT2D eigenvalue weighted by Crippen LogP contribution is 2.13. The third-order valence-electron chi connectivity index (χ3n) is 4.11. The molecule has 1 aromatic heterocycles. The number of rotatable bonds is 6. The minimum absolute atomic E-state index is 0.0512. The average molecular weight is 339 g/mol. The Hall–Kier alpha value is -1.47. The first kappa shape index (κ1) is 17.9. The van der Waals surface area contributed by atoms with Crippen molar-refractivity contribution >= 4 is 15.9 Å². The largest absolute Gasteiger partial charge is 0.343 e. The zero-order chi connectivity index (χ0) is 16.7. The SMILES string of the molecule is CS(=O)(=O)N(CCC(=O)N1CCCCCC1)Cc1ccncc1. The van der Waals surface area contributed by atoms with Crippen molar-refractivity contribution in [2.45, 2.75) is 38.6 Å². The van der Waals surface area contributed by atoms with E-state index in [1.165, 1.54) is 23.4 Å². The van der Waals surface area contributed by atoms with E-state index >= 15 is 0 Å². The molecular weight excluding hydrogens is 314 g/mol. The van der Waals surface area contributed by atoms with Crippen molar-refractivity contribution in [3.8, 4) is 0 Å². The zero-order valence-corrected chi connectivity index (χ0v) is 14.5. The van der Waals surface area contributed by atoms with Gasteiger partial charge in [-0.25, -0.2) is 8.42 Å². The van der Waals surface area contributed by atoms with Crippen molar-refractivity contribution in [3.05, 3.63) is 30.1 Å². The summed E-state index contributed by atoms with van der Waals surface area (Å²) in [6, 6.07) is 3.57. The Morgan fingerprint density at radius 1 is 1.17 bits per heavy atom. The fraction of sp³-hybridized carbons (Fsp3) is 0.625. The van der Waals surface area contributed by atoms with Gasteiger partial charge in [-0.15, -0.1) is 0 Å². The molecular formula is C16H25N3O3S. The van der Waals surface area contributed by atoms with Crippen LogP contribution in [-0.2, 0) is 21.4 Å². The summed E-state index contributed by atoms with van der Waals surface area (Å²) in [6.45, 7) is 2.08. The second-order valence-electron chi connectivity index (χ2n) is 6.00. The van der Waals surface area contributed by atoms with Crippen LogP contribution >= 0.6 is 0 Å². The van der Waals surface area contributed by atoms with Crippen molar-refractivity contribution in [3.63, 3.8) is 0 Å². The molecule has 23 heavy (non-hydrogen) atoms. The van der Waals surface area contributed by atoms with Gasteiger partial charge in [-0.05, 0) is 30.5 Å². The van der Waals surface area contributed by atoms with Crippen molar-refractivity contribution in [1.82, 2.24) is 14.2 Å². The van der Waals surface area contributed by atoms with Crippen LogP contribution in [0.1, 0.15) is 37.7 Å². The summed E-state index contributed by atoms with van der Waals surface area (Å²) in [5.41, 5.74) is 0.868. The Balaban J connectivity index is 1.94. The number of hydrogen-bond donors (Lipinski definition) is 0. The van der Waals surface area contributed by atoms with E-state index in [-0.39, 0.29) is 25.4 Å². The molecule has 0 radical (unpaired) electrons. The van der Waals surface area contributed by atoms with Gasteiger partial charge in [-0.2, -0.15) is 4.31 Å². The van der Waals surface area contributed by atoms with Crippen molar-refractivity contribution in [2.24, 2.45) is 0 Å². The molecule has 1 aliphatic heterocycles. The topological polar surface area (TPSA) is 70.6 Å². The second-order valence-corrected chi connectivity index (χ2v) is 7.98. The van der Waals surface area contributed by atoms with Gasteiger partial charge in [0, 0.05) is 45.0 Å². The van der Waals surface area contributed by atoms with E-state index in [9.17, 15) is 13.2 Å². The summed E-state index contributed by atoms with van der Waals surface area (Å²) in [5, 5.41) is 0. The lowest BCUT2D eigenvalue weighted by Gasteiger charge is -2.23. The lowest BCUT2D eigenvalue weighted by molar-refractivity contribution is -0.131. The summed E-state index contributed by atoms with van der Waals surface area (Å²) in [4.78, 5) is 18.1. The maximum atomic E-state index is 12.3. The molecule has 0 bridgehead atoms. The van der Waals surface area contributed by atoms with Crippen LogP contribution in [0.5, 0.6) is 0 Å². The molecule has 0 atom stereocenters. The Labute approximate surface area is 138 Å². The highest BCUT2D eigenvalue weighted by atomic mass is 32.2. The molecule has 1 saturated heterocycles. The van der Waals surface area contributed by atoms with Crippen LogP contribution in [0.25, 0.3) is 0 Å². The van der Waals surface area contributed by atoms with Crippen molar-refractivity contribution < 1.29 is 13.2 Å². The third-order valence-corrected chi connectivity index (χ3v) is 5.36. The molecule has 1 fully saturated rings. The lowest BCUT2D eigenvalue weighted by Crippen LogP contribution is -2.37. The Morgan fingerprint density at radius 3 is 2.35 bits per heavy atom. The monoisotopic (exact) mass is 339 g/mol. The third kappa shape index (κ3) is 5.91. The van der Waals surface area contributed by atoms with E-state index in [0.717, 1.165) is 31.5 Å². The van der Waals surface area contributed by atoms with Gasteiger partial charge >= 0.3 is 0 Å². The first-order valence-electron chi connectivity index (χ1n) is 8.08. The Kier molecular flexibility index (Phi) is 6.53. The van der Waals surface area contributed by atoms with E-state index in [1.54, 1.807) is 24.5 Å². The fourth-order valence-electron chi connectivity index (χ4n) is 2.75. The summed E-state index contributed by atoms with van der Waals surface area (Å²) in [7, 11) is -3.35. The molecule has 0 aromatic carbocycles. The van der Waals surface area contributed by atoms with Gasteiger partial charge < -0.3 is 4.90 Å². The summed E-state index contributed by atoms with van der Waals surface area (Å²) < 4.78 is 25.3. The lowest BCUT2D eigenvalue weighted by atomic mass is 10.2. The normalized spacial score (nSPS) is 16.3. The molecule has 1 aromatic rings. The Bertz CT molecular complexity index is 596. The molecule has 0 saturated carbocycles. The first-order chi connectivity index (χ1) is 11.0. The smallest absolute Gasteiger partial charge is 0.223 e. The molecule has 6 nitrogen and oxygen atoms in total. The first-order valence-corrected chi connectivity index (χ1v) is 9.93. The molecule has 0 N–H and O–H groups in total. The zero-order valence-electron chi connectivity index (χ0n) is 13.6. The van der Waals surface area contributed by atoms with Gasteiger partial charge in [0.15, 0.2) is 0 Å². The van der Waals surface area contributed by atoms with Crippen LogP contribution in [0, 0.1) is 0 Å². The highest BCUT2D eigenvalue weighted by Gasteiger charge is 2.21. The number of hydrogen-bond acceptors (Lipinski definition) is 4. The molecule has 1 aliphatic rings. The van der Waals surface area contributed by atoms with Gasteiger partial charge in [0.2, 0.25) is 15.9 Å². The minimum atomic E-state index is -3.35. The number of carbonyl (C=O) groups excluding carboxylic acids is 1. The molecule has 2 heterocycles. The van der Waals surface area contributed by atoms with Crippen LogP contribution in [0.4, 0.5) is 0 Å². The van der Waals surface area contributed by atoms with E-state index in [4.69, 9.17) is 0 Å². The maximum absolute atomic E-state index is 12.3. The van der Waals surface area contributed by atoms with Crippen LogP contribution in [0.15, 0.2) is 24.5 Å². The molecule has 1 amide bonds. The number of nitrogens with zero attached hydrogens (tertiary/aromatic N) is 3. The molecule has 2 rings (SSSR count). The van der Waals surface area contributed by atoms with E-state index in [2.05, 4.69) is 4.98 Å². The number of aromatic nitrogens is 1. The van der Waals surface area contributed by atoms with Gasteiger partial charge in [-0.3, -0.25) is 9.78 Å². The van der Waals surface area contributed by atoms with Crippen LogP contribution < -0.4 is 0 Å². The van der Waals surface area contributed by atoms with Crippen molar-refractivity contribution in [1.29, 1.82) is 0 Å².